The van der Waals surface area contributed by atoms with E-state index in [4.69, 9.17) is 9.57 Å². The molecular formula is C16H20N2O3S2. The average molecular weight is 352 g/mol. The summed E-state index contributed by atoms with van der Waals surface area (Å²) < 4.78 is 6.85. The van der Waals surface area contributed by atoms with Crippen molar-refractivity contribution >= 4 is 45.0 Å². The fourth-order valence-corrected chi connectivity index (χ4v) is 4.42. The maximum atomic E-state index is 12.0. The molecule has 1 heterocycles. The van der Waals surface area contributed by atoms with Gasteiger partial charge in [-0.2, -0.15) is 0 Å². The molecule has 0 fully saturated rings. The summed E-state index contributed by atoms with van der Waals surface area (Å²) in [5.74, 6) is 0.507. The number of nitrogens with zero attached hydrogens (tertiary/aromatic N) is 2. The number of carbonyl (C=O) groups is 1. The first-order valence-corrected chi connectivity index (χ1v) is 9.14. The first-order valence-electron chi connectivity index (χ1n) is 7.34. The normalized spacial score (nSPS) is 11.7. The van der Waals surface area contributed by atoms with Gasteiger partial charge >= 0.3 is 5.97 Å². The van der Waals surface area contributed by atoms with E-state index in [0.29, 0.717) is 5.56 Å². The van der Waals surface area contributed by atoms with Crippen molar-refractivity contribution in [2.24, 2.45) is 5.16 Å². The summed E-state index contributed by atoms with van der Waals surface area (Å²) in [6.45, 7) is 4.15. The number of thiazole rings is 1. The van der Waals surface area contributed by atoms with E-state index in [-0.39, 0.29) is 5.71 Å². The van der Waals surface area contributed by atoms with E-state index < -0.39 is 5.97 Å². The Morgan fingerprint density at radius 3 is 2.83 bits per heavy atom. The summed E-state index contributed by atoms with van der Waals surface area (Å²) in [6.07, 6.45) is 2.32. The van der Waals surface area contributed by atoms with E-state index in [9.17, 15) is 4.79 Å². The molecule has 0 unspecified atom stereocenters. The van der Waals surface area contributed by atoms with Gasteiger partial charge in [0.1, 0.15) is 7.11 Å². The Bertz CT molecular complexity index is 725. The third kappa shape index (κ3) is 4.23. The standard InChI is InChI=1S/C16H20N2O3S2/c1-5-6-7-22-16-17-13-11(8-10(2)9-12(13)23-16)14(18-21-4)15(19)20-3/h8-9H,5-7H2,1-4H3. The molecule has 0 saturated heterocycles. The number of aromatic nitrogens is 1. The number of hydrogen-bond donors (Lipinski definition) is 0. The van der Waals surface area contributed by atoms with Crippen molar-refractivity contribution < 1.29 is 14.4 Å². The predicted molar refractivity (Wildman–Crippen MR) is 95.6 cm³/mol. The van der Waals surface area contributed by atoms with E-state index in [0.717, 1.165) is 38.7 Å². The van der Waals surface area contributed by atoms with Crippen LogP contribution in [0.25, 0.3) is 10.2 Å². The average Bonchev–Trinajstić information content (AvgIpc) is 2.94. The lowest BCUT2D eigenvalue weighted by Gasteiger charge is -2.06. The fourth-order valence-electron chi connectivity index (χ4n) is 2.08. The van der Waals surface area contributed by atoms with E-state index in [2.05, 4.69) is 23.1 Å². The van der Waals surface area contributed by atoms with Gasteiger partial charge in [0.15, 0.2) is 10.1 Å². The Kier molecular flexibility index (Phi) is 6.41. The lowest BCUT2D eigenvalue weighted by molar-refractivity contribution is -0.132. The van der Waals surface area contributed by atoms with Gasteiger partial charge in [0.25, 0.3) is 0 Å². The number of unbranched alkanes of at least 4 members (excludes halogenated alkanes) is 1. The number of carbonyl (C=O) groups excluding carboxylic acids is 1. The SMILES string of the molecule is CCCCSc1nc2c(C(=NOC)C(=O)OC)cc(C)cc2s1. The molecule has 0 radical (unpaired) electrons. The van der Waals surface area contributed by atoms with Gasteiger partial charge in [-0.3, -0.25) is 0 Å². The number of ether oxygens (including phenoxy) is 1. The number of oxime groups is 1. The number of methoxy groups -OCH3 is 1. The summed E-state index contributed by atoms with van der Waals surface area (Å²) in [7, 11) is 2.73. The topological polar surface area (TPSA) is 60.8 Å². The van der Waals surface area contributed by atoms with Crippen LogP contribution >= 0.6 is 23.1 Å². The van der Waals surface area contributed by atoms with Crippen LogP contribution in [0, 0.1) is 6.92 Å². The highest BCUT2D eigenvalue weighted by atomic mass is 32.2. The summed E-state index contributed by atoms with van der Waals surface area (Å²) >= 11 is 3.38. The molecule has 0 saturated carbocycles. The minimum absolute atomic E-state index is 0.138. The van der Waals surface area contributed by atoms with E-state index in [1.165, 1.54) is 14.2 Å². The molecule has 1 aromatic heterocycles. The van der Waals surface area contributed by atoms with Gasteiger partial charge in [0.05, 0.1) is 17.3 Å². The van der Waals surface area contributed by atoms with E-state index >= 15 is 0 Å². The first kappa shape index (κ1) is 17.7. The third-order valence-corrected chi connectivity index (χ3v) is 5.39. The second-order valence-corrected chi connectivity index (χ2v) is 7.33. The van der Waals surface area contributed by atoms with Crippen LogP contribution in [0.5, 0.6) is 0 Å². The Morgan fingerprint density at radius 2 is 2.17 bits per heavy atom. The third-order valence-electron chi connectivity index (χ3n) is 3.16. The molecule has 0 aliphatic heterocycles. The van der Waals surface area contributed by atoms with Gasteiger partial charge in [-0.05, 0) is 31.0 Å². The summed E-state index contributed by atoms with van der Waals surface area (Å²) in [5.41, 5.74) is 2.58. The molecule has 0 aliphatic rings. The number of esters is 1. The zero-order valence-corrected chi connectivity index (χ0v) is 15.3. The molecule has 5 nitrogen and oxygen atoms in total. The molecule has 0 amide bonds. The van der Waals surface area contributed by atoms with Crippen LogP contribution in [-0.4, -0.2) is 36.6 Å². The molecule has 1 aromatic carbocycles. The first-order chi connectivity index (χ1) is 11.1. The molecule has 0 bridgehead atoms. The molecule has 23 heavy (non-hydrogen) atoms. The summed E-state index contributed by atoms with van der Waals surface area (Å²) in [5, 5.41) is 3.84. The van der Waals surface area contributed by atoms with E-state index in [1.54, 1.807) is 23.1 Å². The molecular weight excluding hydrogens is 332 g/mol. The number of benzene rings is 1. The Labute approximate surface area is 144 Å². The highest BCUT2D eigenvalue weighted by molar-refractivity contribution is 8.01. The van der Waals surface area contributed by atoms with Gasteiger partial charge in [-0.25, -0.2) is 9.78 Å². The Hall–Kier alpha value is -1.60. The van der Waals surface area contributed by atoms with Crippen LogP contribution in [0.4, 0.5) is 0 Å². The lowest BCUT2D eigenvalue weighted by Crippen LogP contribution is -2.18. The molecule has 2 rings (SSSR count). The van der Waals surface area contributed by atoms with Crippen molar-refractivity contribution in [2.75, 3.05) is 20.0 Å². The summed E-state index contributed by atoms with van der Waals surface area (Å²) in [6, 6.07) is 3.96. The van der Waals surface area contributed by atoms with Crippen LogP contribution in [0.3, 0.4) is 0 Å². The molecule has 2 aromatic rings. The highest BCUT2D eigenvalue weighted by Crippen LogP contribution is 2.33. The van der Waals surface area contributed by atoms with Crippen molar-refractivity contribution in [3.8, 4) is 0 Å². The van der Waals surface area contributed by atoms with Crippen LogP contribution in [0.2, 0.25) is 0 Å². The quantitative estimate of drug-likeness (QED) is 0.248. The largest absolute Gasteiger partial charge is 0.464 e. The van der Waals surface area contributed by atoms with Crippen LogP contribution in [0.15, 0.2) is 21.6 Å². The maximum Gasteiger partial charge on any atom is 0.360 e. The van der Waals surface area contributed by atoms with Crippen LogP contribution < -0.4 is 0 Å². The number of rotatable bonds is 7. The van der Waals surface area contributed by atoms with Gasteiger partial charge in [-0.15, -0.1) is 11.3 Å². The highest BCUT2D eigenvalue weighted by Gasteiger charge is 2.21. The molecule has 0 aliphatic carbocycles. The van der Waals surface area contributed by atoms with Crippen molar-refractivity contribution in [3.63, 3.8) is 0 Å². The fraction of sp³-hybridized carbons (Fsp3) is 0.438. The number of hydrogen-bond acceptors (Lipinski definition) is 7. The second-order valence-electron chi connectivity index (χ2n) is 4.96. The van der Waals surface area contributed by atoms with Gasteiger partial charge in [0.2, 0.25) is 0 Å². The molecule has 7 heteroatoms. The molecule has 0 spiro atoms. The van der Waals surface area contributed by atoms with E-state index in [1.807, 2.05) is 13.0 Å². The second kappa shape index (κ2) is 8.31. The van der Waals surface area contributed by atoms with Gasteiger partial charge in [0, 0.05) is 11.3 Å². The minimum Gasteiger partial charge on any atom is -0.464 e. The lowest BCUT2D eigenvalue weighted by atomic mass is 10.1. The smallest absolute Gasteiger partial charge is 0.360 e. The Balaban J connectivity index is 2.49. The molecule has 0 atom stereocenters. The van der Waals surface area contributed by atoms with Crippen molar-refractivity contribution in [2.45, 2.75) is 31.0 Å². The van der Waals surface area contributed by atoms with Gasteiger partial charge in [-0.1, -0.05) is 30.3 Å². The number of aryl methyl sites for hydroxylation is 1. The molecule has 124 valence electrons. The van der Waals surface area contributed by atoms with Crippen LogP contribution in [0.1, 0.15) is 30.9 Å². The van der Waals surface area contributed by atoms with Crippen LogP contribution in [-0.2, 0) is 14.4 Å². The predicted octanol–water partition coefficient (Wildman–Crippen LogP) is 4.02. The zero-order chi connectivity index (χ0) is 16.8. The monoisotopic (exact) mass is 352 g/mol. The van der Waals surface area contributed by atoms with Crippen molar-refractivity contribution in [1.82, 2.24) is 4.98 Å². The molecule has 0 N–H and O–H groups in total. The zero-order valence-electron chi connectivity index (χ0n) is 13.7. The van der Waals surface area contributed by atoms with Crippen molar-refractivity contribution in [1.29, 1.82) is 0 Å². The number of thioether (sulfide) groups is 1. The Morgan fingerprint density at radius 1 is 1.39 bits per heavy atom. The maximum absolute atomic E-state index is 12.0. The van der Waals surface area contributed by atoms with Crippen molar-refractivity contribution in [3.05, 3.63) is 23.3 Å². The van der Waals surface area contributed by atoms with Gasteiger partial charge < -0.3 is 9.57 Å². The minimum atomic E-state index is -0.535. The summed E-state index contributed by atoms with van der Waals surface area (Å²) in [4.78, 5) is 21.5. The number of fused-ring (bicyclic) bond motifs is 1.